The predicted molar refractivity (Wildman–Crippen MR) is 98.9 cm³/mol. The smallest absolute Gasteiger partial charge is 0.330 e. The Morgan fingerprint density at radius 2 is 1.85 bits per heavy atom. The molecule has 3 heterocycles. The Labute approximate surface area is 158 Å². The van der Waals surface area contributed by atoms with Crippen molar-refractivity contribution in [3.8, 4) is 0 Å². The van der Waals surface area contributed by atoms with Gasteiger partial charge in [-0.25, -0.2) is 4.79 Å². The number of ether oxygens (including phenoxy) is 4. The molecule has 0 aromatic carbocycles. The lowest BCUT2D eigenvalue weighted by Crippen LogP contribution is -2.57. The molecule has 0 aliphatic carbocycles. The summed E-state index contributed by atoms with van der Waals surface area (Å²) in [6.45, 7) is 13.4. The average molecular weight is 382 g/mol. The van der Waals surface area contributed by atoms with Gasteiger partial charge in [-0.2, -0.15) is 0 Å². The van der Waals surface area contributed by atoms with E-state index in [2.05, 4.69) is 4.98 Å². The number of aromatic amines is 1. The third-order valence-corrected chi connectivity index (χ3v) is 5.30. The van der Waals surface area contributed by atoms with Crippen molar-refractivity contribution in [3.05, 3.63) is 32.6 Å². The molecule has 2 aliphatic rings. The Morgan fingerprint density at radius 1 is 1.19 bits per heavy atom. The molecule has 0 saturated carbocycles. The molecular weight excluding hydrogens is 352 g/mol. The fourth-order valence-electron chi connectivity index (χ4n) is 4.20. The molecule has 1 aromatic heterocycles. The number of aromatic nitrogens is 2. The maximum atomic E-state index is 12.4. The summed E-state index contributed by atoms with van der Waals surface area (Å²) in [5, 5.41) is 0. The van der Waals surface area contributed by atoms with Gasteiger partial charge in [-0.05, 0) is 48.5 Å². The van der Waals surface area contributed by atoms with E-state index < -0.39 is 35.3 Å². The van der Waals surface area contributed by atoms with Gasteiger partial charge in [-0.3, -0.25) is 14.3 Å². The van der Waals surface area contributed by atoms with Crippen molar-refractivity contribution in [2.45, 2.75) is 96.9 Å². The third kappa shape index (κ3) is 3.29. The summed E-state index contributed by atoms with van der Waals surface area (Å²) >= 11 is 0. The minimum Gasteiger partial charge on any atom is -0.373 e. The zero-order valence-electron chi connectivity index (χ0n) is 17.0. The maximum Gasteiger partial charge on any atom is 0.330 e. The SMILES string of the molecule is Cc1cn(C2OC3([C@H](C)OC(C)C)C(C)O[C@@H]2[C@@H]3OC(C)C)c(=O)[nH]c1=O. The zero-order valence-corrected chi connectivity index (χ0v) is 17.0. The molecule has 152 valence electrons. The number of nitrogens with one attached hydrogen (secondary N) is 1. The number of fused-ring (bicyclic) bond motifs is 2. The molecule has 1 aromatic rings. The van der Waals surface area contributed by atoms with Crippen LogP contribution in [0.3, 0.4) is 0 Å². The van der Waals surface area contributed by atoms with Gasteiger partial charge in [0.1, 0.15) is 12.2 Å². The Bertz CT molecular complexity index is 800. The van der Waals surface area contributed by atoms with Crippen molar-refractivity contribution in [1.82, 2.24) is 9.55 Å². The van der Waals surface area contributed by atoms with Crippen LogP contribution < -0.4 is 11.2 Å². The normalized spacial score (nSPS) is 34.0. The lowest BCUT2D eigenvalue weighted by molar-refractivity contribution is -0.250. The van der Waals surface area contributed by atoms with Gasteiger partial charge in [0.05, 0.1) is 24.4 Å². The number of hydrogen-bond donors (Lipinski definition) is 1. The van der Waals surface area contributed by atoms with Crippen LogP contribution >= 0.6 is 0 Å². The molecule has 2 saturated heterocycles. The van der Waals surface area contributed by atoms with E-state index >= 15 is 0 Å². The van der Waals surface area contributed by atoms with Crippen LogP contribution in [0.5, 0.6) is 0 Å². The first-order chi connectivity index (χ1) is 12.6. The van der Waals surface area contributed by atoms with Gasteiger partial charge < -0.3 is 18.9 Å². The van der Waals surface area contributed by atoms with Crippen LogP contribution in [0, 0.1) is 6.92 Å². The van der Waals surface area contributed by atoms with Gasteiger partial charge in [0.25, 0.3) is 5.56 Å². The van der Waals surface area contributed by atoms with Gasteiger partial charge in [0.15, 0.2) is 11.8 Å². The summed E-state index contributed by atoms with van der Waals surface area (Å²) in [6, 6.07) is 0. The quantitative estimate of drug-likeness (QED) is 0.802. The van der Waals surface area contributed by atoms with Crippen LogP contribution in [0.2, 0.25) is 0 Å². The molecule has 27 heavy (non-hydrogen) atoms. The summed E-state index contributed by atoms with van der Waals surface area (Å²) < 4.78 is 26.3. The highest BCUT2D eigenvalue weighted by atomic mass is 16.7. The van der Waals surface area contributed by atoms with Gasteiger partial charge in [0, 0.05) is 11.8 Å². The van der Waals surface area contributed by atoms with Crippen LogP contribution in [-0.4, -0.2) is 51.8 Å². The zero-order chi connectivity index (χ0) is 20.1. The first kappa shape index (κ1) is 20.3. The van der Waals surface area contributed by atoms with Crippen molar-refractivity contribution in [3.63, 3.8) is 0 Å². The summed E-state index contributed by atoms with van der Waals surface area (Å²) in [6.07, 6.45) is -0.703. The topological polar surface area (TPSA) is 91.8 Å². The van der Waals surface area contributed by atoms with Crippen LogP contribution in [0.15, 0.2) is 15.8 Å². The van der Waals surface area contributed by atoms with Crippen molar-refractivity contribution in [1.29, 1.82) is 0 Å². The highest BCUT2D eigenvalue weighted by Crippen LogP contribution is 2.52. The molecule has 0 amide bonds. The number of nitrogens with zero attached hydrogens (tertiary/aromatic N) is 1. The molecule has 3 unspecified atom stereocenters. The average Bonchev–Trinajstić information content (AvgIpc) is 2.99. The van der Waals surface area contributed by atoms with Crippen LogP contribution in [0.4, 0.5) is 0 Å². The lowest BCUT2D eigenvalue weighted by atomic mass is 9.87. The minimum atomic E-state index is -0.854. The van der Waals surface area contributed by atoms with Gasteiger partial charge >= 0.3 is 5.69 Å². The molecule has 6 atom stereocenters. The molecular formula is C19H30N2O6. The van der Waals surface area contributed by atoms with Gasteiger partial charge in [-0.1, -0.05) is 0 Å². The second-order valence-electron chi connectivity index (χ2n) is 8.02. The summed E-state index contributed by atoms with van der Waals surface area (Å²) in [7, 11) is 0. The van der Waals surface area contributed by atoms with Crippen molar-refractivity contribution in [2.24, 2.45) is 0 Å². The molecule has 1 N–H and O–H groups in total. The number of aryl methyl sites for hydroxylation is 1. The third-order valence-electron chi connectivity index (χ3n) is 5.30. The van der Waals surface area contributed by atoms with E-state index in [4.69, 9.17) is 18.9 Å². The van der Waals surface area contributed by atoms with E-state index in [0.29, 0.717) is 5.56 Å². The van der Waals surface area contributed by atoms with E-state index in [0.717, 1.165) is 0 Å². The van der Waals surface area contributed by atoms with Crippen LogP contribution in [-0.2, 0) is 18.9 Å². The lowest BCUT2D eigenvalue weighted by Gasteiger charge is -2.41. The van der Waals surface area contributed by atoms with Crippen molar-refractivity contribution < 1.29 is 18.9 Å². The molecule has 2 fully saturated rings. The summed E-state index contributed by atoms with van der Waals surface area (Å²) in [5.41, 5.74) is -1.37. The first-order valence-corrected chi connectivity index (χ1v) is 9.54. The van der Waals surface area contributed by atoms with Crippen molar-refractivity contribution in [2.75, 3.05) is 0 Å². The number of H-pyrrole nitrogens is 1. The van der Waals surface area contributed by atoms with Crippen LogP contribution in [0.25, 0.3) is 0 Å². The molecule has 0 spiro atoms. The second kappa shape index (κ2) is 7.16. The van der Waals surface area contributed by atoms with Crippen molar-refractivity contribution >= 4 is 0 Å². The Morgan fingerprint density at radius 3 is 2.44 bits per heavy atom. The summed E-state index contributed by atoms with van der Waals surface area (Å²) in [5.74, 6) is 0. The van der Waals surface area contributed by atoms with Gasteiger partial charge in [0.2, 0.25) is 0 Å². The first-order valence-electron chi connectivity index (χ1n) is 9.54. The Kier molecular flexibility index (Phi) is 5.37. The number of rotatable bonds is 6. The fraction of sp³-hybridized carbons (Fsp3) is 0.789. The second-order valence-corrected chi connectivity index (χ2v) is 8.02. The molecule has 8 heteroatoms. The van der Waals surface area contributed by atoms with E-state index in [1.807, 2.05) is 41.5 Å². The molecule has 0 radical (unpaired) electrons. The van der Waals surface area contributed by atoms with E-state index in [-0.39, 0.29) is 24.4 Å². The van der Waals surface area contributed by atoms with E-state index in [1.165, 1.54) is 10.8 Å². The van der Waals surface area contributed by atoms with E-state index in [1.54, 1.807) is 6.92 Å². The van der Waals surface area contributed by atoms with Crippen LogP contribution in [0.1, 0.15) is 53.3 Å². The fourth-order valence-corrected chi connectivity index (χ4v) is 4.20. The Hall–Kier alpha value is -1.48. The highest BCUT2D eigenvalue weighted by molar-refractivity contribution is 5.15. The summed E-state index contributed by atoms with van der Waals surface area (Å²) in [4.78, 5) is 26.5. The standard InChI is InChI=1S/C19H30N2O6/c1-9(2)24-12(6)19-13(7)26-14(15(19)25-10(3)4)17(27-19)21-8-11(5)16(22)20-18(21)23/h8-10,12-15,17H,1-7H3,(H,20,22,23)/t12-,13?,14+,15-,17?,19?/m0/s1. The largest absolute Gasteiger partial charge is 0.373 e. The Balaban J connectivity index is 2.05. The maximum absolute atomic E-state index is 12.4. The van der Waals surface area contributed by atoms with Gasteiger partial charge in [-0.15, -0.1) is 0 Å². The highest BCUT2D eigenvalue weighted by Gasteiger charge is 2.69. The monoisotopic (exact) mass is 382 g/mol. The number of hydrogen-bond acceptors (Lipinski definition) is 6. The molecule has 3 rings (SSSR count). The predicted octanol–water partition coefficient (Wildman–Crippen LogP) is 1.51. The molecule has 8 nitrogen and oxygen atoms in total. The molecule has 2 aliphatic heterocycles. The molecule has 2 bridgehead atoms. The van der Waals surface area contributed by atoms with E-state index in [9.17, 15) is 9.59 Å². The minimum absolute atomic E-state index is 0.000946.